The zero-order chi connectivity index (χ0) is 7.98. The van der Waals surface area contributed by atoms with E-state index in [0.717, 1.165) is 11.8 Å². The molecule has 62 valence electrons. The average Bonchev–Trinajstić information content (AvgIpc) is 1.87. The molecule has 0 aromatic rings. The second-order valence-corrected chi connectivity index (χ2v) is 3.68. The lowest BCUT2D eigenvalue weighted by Gasteiger charge is -2.28. The zero-order valence-corrected chi connectivity index (χ0v) is 7.98. The Morgan fingerprint density at radius 1 is 0.900 bits per heavy atom. The molecule has 1 fully saturated rings. The lowest BCUT2D eigenvalue weighted by atomic mass is 9.78. The van der Waals surface area contributed by atoms with E-state index in [9.17, 15) is 0 Å². The van der Waals surface area contributed by atoms with E-state index in [2.05, 4.69) is 27.7 Å². The van der Waals surface area contributed by atoms with Gasteiger partial charge in [-0.05, 0) is 24.7 Å². The lowest BCUT2D eigenvalue weighted by Crippen LogP contribution is -2.16. The Morgan fingerprint density at radius 2 is 1.20 bits per heavy atom. The molecule has 0 unspecified atom stereocenters. The van der Waals surface area contributed by atoms with E-state index in [1.165, 1.54) is 25.7 Å². The Bertz CT molecular complexity index is 52.4. The summed E-state index contributed by atoms with van der Waals surface area (Å²) < 4.78 is 0. The van der Waals surface area contributed by atoms with Gasteiger partial charge in [0.15, 0.2) is 0 Å². The molecule has 1 rings (SSSR count). The van der Waals surface area contributed by atoms with E-state index in [4.69, 9.17) is 0 Å². The van der Waals surface area contributed by atoms with Crippen molar-refractivity contribution in [3.05, 3.63) is 0 Å². The third kappa shape index (κ3) is 4.84. The van der Waals surface area contributed by atoms with Crippen LogP contribution in [0.5, 0.6) is 0 Å². The maximum Gasteiger partial charge on any atom is -0.0438 e. The van der Waals surface area contributed by atoms with Crippen LogP contribution in [0.2, 0.25) is 0 Å². The maximum absolute atomic E-state index is 2.32. The molecule has 0 radical (unpaired) electrons. The third-order valence-corrected chi connectivity index (χ3v) is 2.11. The predicted octanol–water partition coefficient (Wildman–Crippen LogP) is 3.86. The summed E-state index contributed by atoms with van der Waals surface area (Å²) in [5, 5.41) is 0. The van der Waals surface area contributed by atoms with Crippen LogP contribution in [0.3, 0.4) is 0 Å². The smallest absolute Gasteiger partial charge is 0.0438 e. The number of hydrogen-bond acceptors (Lipinski definition) is 0. The minimum absolute atomic E-state index is 1.04. The summed E-state index contributed by atoms with van der Waals surface area (Å²) >= 11 is 0. The topological polar surface area (TPSA) is 0 Å². The van der Waals surface area contributed by atoms with Gasteiger partial charge in [-0.1, -0.05) is 40.5 Å². The molecule has 0 heterocycles. The van der Waals surface area contributed by atoms with E-state index in [-0.39, 0.29) is 0 Å². The van der Waals surface area contributed by atoms with Crippen molar-refractivity contribution >= 4 is 0 Å². The van der Waals surface area contributed by atoms with E-state index < -0.39 is 0 Å². The quantitative estimate of drug-likeness (QED) is 0.521. The van der Waals surface area contributed by atoms with Crippen LogP contribution < -0.4 is 0 Å². The monoisotopic (exact) mass is 142 g/mol. The number of rotatable bonds is 1. The Labute approximate surface area is 66.0 Å². The van der Waals surface area contributed by atoms with E-state index in [1.807, 2.05) is 0 Å². The van der Waals surface area contributed by atoms with Crippen molar-refractivity contribution in [2.24, 2.45) is 11.8 Å². The van der Waals surface area contributed by atoms with Gasteiger partial charge in [0.05, 0.1) is 0 Å². The van der Waals surface area contributed by atoms with Gasteiger partial charge in [-0.15, -0.1) is 0 Å². The van der Waals surface area contributed by atoms with Crippen LogP contribution in [0, 0.1) is 11.8 Å². The largest absolute Gasteiger partial charge is 0.0654 e. The van der Waals surface area contributed by atoms with Gasteiger partial charge in [-0.2, -0.15) is 0 Å². The summed E-state index contributed by atoms with van der Waals surface area (Å²) in [6.07, 6.45) is 5.58. The summed E-state index contributed by atoms with van der Waals surface area (Å²) in [5.74, 6) is 2.08. The molecule has 0 aromatic carbocycles. The summed E-state index contributed by atoms with van der Waals surface area (Å²) in [7, 11) is 0. The molecule has 0 N–H and O–H groups in total. The molecular weight excluding hydrogens is 120 g/mol. The molecule has 0 aromatic heterocycles. The summed E-state index contributed by atoms with van der Waals surface area (Å²) in [6.45, 7) is 9.00. The van der Waals surface area contributed by atoms with E-state index >= 15 is 0 Å². The molecule has 0 atom stereocenters. The normalized spacial score (nSPS) is 30.0. The predicted molar refractivity (Wildman–Crippen MR) is 48.1 cm³/mol. The fourth-order valence-corrected chi connectivity index (χ4v) is 1.30. The van der Waals surface area contributed by atoms with Gasteiger partial charge in [0.25, 0.3) is 0 Å². The highest BCUT2D eigenvalue weighted by Crippen LogP contribution is 2.31. The van der Waals surface area contributed by atoms with Gasteiger partial charge >= 0.3 is 0 Å². The molecule has 10 heavy (non-hydrogen) atoms. The van der Waals surface area contributed by atoms with Crippen molar-refractivity contribution in [3.8, 4) is 0 Å². The lowest BCUT2D eigenvalue weighted by molar-refractivity contribution is 0.233. The van der Waals surface area contributed by atoms with Gasteiger partial charge in [-0.3, -0.25) is 0 Å². The van der Waals surface area contributed by atoms with Crippen molar-refractivity contribution < 1.29 is 0 Å². The van der Waals surface area contributed by atoms with Crippen LogP contribution >= 0.6 is 0 Å². The molecule has 0 saturated heterocycles. The molecule has 1 aliphatic rings. The Morgan fingerprint density at radius 3 is 1.20 bits per heavy atom. The van der Waals surface area contributed by atoms with Crippen LogP contribution in [0.4, 0.5) is 0 Å². The van der Waals surface area contributed by atoms with Crippen LogP contribution in [-0.4, -0.2) is 0 Å². The molecule has 0 aliphatic heterocycles. The highest BCUT2D eigenvalue weighted by Gasteiger charge is 2.19. The first-order valence-corrected chi connectivity index (χ1v) is 4.70. The highest BCUT2D eigenvalue weighted by atomic mass is 14.2. The van der Waals surface area contributed by atoms with Crippen LogP contribution in [0.15, 0.2) is 0 Å². The second kappa shape index (κ2) is 5.76. The SMILES string of the molecule is CC1CC(C)C1.CCCC. The second-order valence-electron chi connectivity index (χ2n) is 3.68. The Hall–Kier alpha value is 0. The number of hydrogen-bond donors (Lipinski definition) is 0. The molecule has 0 spiro atoms. The van der Waals surface area contributed by atoms with Gasteiger partial charge < -0.3 is 0 Å². The first-order chi connectivity index (χ1) is 4.70. The molecular formula is C10H22. The zero-order valence-electron chi connectivity index (χ0n) is 7.98. The fraction of sp³-hybridized carbons (Fsp3) is 1.00. The summed E-state index contributed by atoms with van der Waals surface area (Å²) in [6, 6.07) is 0. The standard InChI is InChI=1S/C6H12.C4H10/c1-5-3-6(2)4-5;1-3-4-2/h5-6H,3-4H2,1-2H3;3-4H2,1-2H3. The van der Waals surface area contributed by atoms with Crippen molar-refractivity contribution in [1.29, 1.82) is 0 Å². The van der Waals surface area contributed by atoms with Crippen LogP contribution in [0.25, 0.3) is 0 Å². The number of unbranched alkanes of at least 4 members (excludes halogenated alkanes) is 1. The molecule has 0 amide bonds. The first kappa shape index (κ1) is 10.0. The molecule has 1 aliphatic carbocycles. The van der Waals surface area contributed by atoms with Crippen molar-refractivity contribution in [2.45, 2.75) is 53.4 Å². The van der Waals surface area contributed by atoms with Gasteiger partial charge in [0.2, 0.25) is 0 Å². The average molecular weight is 142 g/mol. The Kier molecular flexibility index (Phi) is 5.76. The van der Waals surface area contributed by atoms with E-state index in [1.54, 1.807) is 0 Å². The summed E-state index contributed by atoms with van der Waals surface area (Å²) in [5.41, 5.74) is 0. The van der Waals surface area contributed by atoms with Crippen molar-refractivity contribution in [3.63, 3.8) is 0 Å². The first-order valence-electron chi connectivity index (χ1n) is 4.70. The van der Waals surface area contributed by atoms with Crippen LogP contribution in [0.1, 0.15) is 53.4 Å². The minimum Gasteiger partial charge on any atom is -0.0654 e. The maximum atomic E-state index is 2.32. The fourth-order valence-electron chi connectivity index (χ4n) is 1.30. The Balaban J connectivity index is 0.000000180. The molecule has 1 saturated carbocycles. The van der Waals surface area contributed by atoms with Crippen LogP contribution in [-0.2, 0) is 0 Å². The van der Waals surface area contributed by atoms with Crippen molar-refractivity contribution in [1.82, 2.24) is 0 Å². The molecule has 0 heteroatoms. The highest BCUT2D eigenvalue weighted by molar-refractivity contribution is 4.71. The third-order valence-electron chi connectivity index (χ3n) is 2.11. The summed E-state index contributed by atoms with van der Waals surface area (Å²) in [4.78, 5) is 0. The van der Waals surface area contributed by atoms with Crippen molar-refractivity contribution in [2.75, 3.05) is 0 Å². The van der Waals surface area contributed by atoms with Gasteiger partial charge in [0.1, 0.15) is 0 Å². The molecule has 0 nitrogen and oxygen atoms in total. The molecule has 0 bridgehead atoms. The van der Waals surface area contributed by atoms with Gasteiger partial charge in [0, 0.05) is 0 Å². The minimum atomic E-state index is 1.04. The van der Waals surface area contributed by atoms with E-state index in [0.29, 0.717) is 0 Å². The van der Waals surface area contributed by atoms with Gasteiger partial charge in [-0.25, -0.2) is 0 Å².